The van der Waals surface area contributed by atoms with Crippen LogP contribution in [0.15, 0.2) is 23.4 Å². The molecule has 0 saturated carbocycles. The van der Waals surface area contributed by atoms with Gasteiger partial charge < -0.3 is 20.1 Å². The molecule has 4 rings (SSSR count). The SMILES string of the molecule is C/C(O)=S(/C)c1nc2c(n1C(C)C)CN([C@H]1CO[C@H](c3cc(F)ccc3F)[C@@H](N)C1)C2. The Morgan fingerprint density at radius 3 is 2.71 bits per heavy atom. The third-order valence-electron chi connectivity index (χ3n) is 6.18. The third-order valence-corrected chi connectivity index (χ3v) is 7.90. The predicted octanol–water partition coefficient (Wildman–Crippen LogP) is 3.88. The van der Waals surface area contributed by atoms with Crippen LogP contribution in [-0.4, -0.2) is 49.6 Å². The number of hydrogen-bond donors (Lipinski definition) is 2. The second-order valence-electron chi connectivity index (χ2n) is 8.66. The minimum absolute atomic E-state index is 0.0761. The van der Waals surface area contributed by atoms with E-state index < -0.39 is 34.3 Å². The molecular formula is C22H30F2N4O2S. The molecule has 9 heteroatoms. The van der Waals surface area contributed by atoms with Gasteiger partial charge in [0.25, 0.3) is 0 Å². The molecular weight excluding hydrogens is 422 g/mol. The van der Waals surface area contributed by atoms with E-state index in [1.54, 1.807) is 6.92 Å². The van der Waals surface area contributed by atoms with Crippen molar-refractivity contribution in [2.24, 2.45) is 5.73 Å². The summed E-state index contributed by atoms with van der Waals surface area (Å²) >= 11 is 0. The fraction of sp³-hybridized carbons (Fsp3) is 0.545. The van der Waals surface area contributed by atoms with Gasteiger partial charge in [-0.1, -0.05) is 10.5 Å². The van der Waals surface area contributed by atoms with Gasteiger partial charge in [-0.2, -0.15) is 0 Å². The molecule has 0 bridgehead atoms. The fourth-order valence-corrected chi connectivity index (χ4v) is 5.64. The molecule has 2 aromatic rings. The molecule has 3 heterocycles. The minimum Gasteiger partial charge on any atom is -0.370 e. The number of nitrogens with zero attached hydrogens (tertiary/aromatic N) is 3. The second-order valence-corrected chi connectivity index (χ2v) is 10.6. The Morgan fingerprint density at radius 2 is 2.06 bits per heavy atom. The molecule has 6 nitrogen and oxygen atoms in total. The summed E-state index contributed by atoms with van der Waals surface area (Å²) in [6, 6.07) is 3.26. The van der Waals surface area contributed by atoms with Gasteiger partial charge in [0, 0.05) is 36.8 Å². The van der Waals surface area contributed by atoms with E-state index in [1.807, 2.05) is 6.26 Å². The Kier molecular flexibility index (Phi) is 6.33. The van der Waals surface area contributed by atoms with Crippen LogP contribution in [0.1, 0.15) is 56.3 Å². The molecule has 0 radical (unpaired) electrons. The largest absolute Gasteiger partial charge is 0.370 e. The van der Waals surface area contributed by atoms with E-state index in [2.05, 4.69) is 23.3 Å². The summed E-state index contributed by atoms with van der Waals surface area (Å²) in [5.74, 6) is -0.996. The van der Waals surface area contributed by atoms with E-state index in [4.69, 9.17) is 15.5 Å². The average Bonchev–Trinajstić information content (AvgIpc) is 3.27. The zero-order chi connectivity index (χ0) is 22.4. The zero-order valence-corrected chi connectivity index (χ0v) is 19.1. The van der Waals surface area contributed by atoms with Gasteiger partial charge in [0.2, 0.25) is 0 Å². The second kappa shape index (κ2) is 8.71. The Labute approximate surface area is 183 Å². The van der Waals surface area contributed by atoms with Gasteiger partial charge in [-0.05, 0) is 51.6 Å². The molecule has 1 aromatic carbocycles. The monoisotopic (exact) mass is 452 g/mol. The first-order valence-corrected chi connectivity index (χ1v) is 12.1. The van der Waals surface area contributed by atoms with Gasteiger partial charge in [0.1, 0.15) is 17.7 Å². The smallest absolute Gasteiger partial charge is 0.164 e. The lowest BCUT2D eigenvalue weighted by atomic mass is 9.93. The van der Waals surface area contributed by atoms with Crippen LogP contribution in [0.3, 0.4) is 0 Å². The highest BCUT2D eigenvalue weighted by molar-refractivity contribution is 8.15. The number of ether oxygens (including phenoxy) is 1. The molecule has 1 unspecified atom stereocenters. The molecule has 4 atom stereocenters. The molecule has 170 valence electrons. The summed E-state index contributed by atoms with van der Waals surface area (Å²) < 4.78 is 36.0. The highest BCUT2D eigenvalue weighted by atomic mass is 32.2. The van der Waals surface area contributed by atoms with Crippen LogP contribution in [-0.2, 0) is 17.8 Å². The van der Waals surface area contributed by atoms with Gasteiger partial charge >= 0.3 is 0 Å². The lowest BCUT2D eigenvalue weighted by molar-refractivity contribution is -0.0536. The Bertz CT molecular complexity index is 1020. The summed E-state index contributed by atoms with van der Waals surface area (Å²) in [6.45, 7) is 7.77. The van der Waals surface area contributed by atoms with Crippen LogP contribution in [0.4, 0.5) is 8.78 Å². The maximum atomic E-state index is 14.2. The number of halogens is 2. The summed E-state index contributed by atoms with van der Waals surface area (Å²) in [5.41, 5.74) is 8.72. The normalized spacial score (nSPS) is 25.7. The molecule has 1 aromatic heterocycles. The first kappa shape index (κ1) is 22.5. The van der Waals surface area contributed by atoms with Crippen LogP contribution in [0, 0.1) is 11.6 Å². The lowest BCUT2D eigenvalue weighted by Gasteiger charge is -2.38. The number of aromatic nitrogens is 2. The van der Waals surface area contributed by atoms with E-state index >= 15 is 0 Å². The molecule has 2 aliphatic heterocycles. The van der Waals surface area contributed by atoms with E-state index in [-0.39, 0.29) is 17.6 Å². The van der Waals surface area contributed by atoms with E-state index in [0.29, 0.717) is 24.6 Å². The van der Waals surface area contributed by atoms with Crippen LogP contribution in [0.25, 0.3) is 0 Å². The highest BCUT2D eigenvalue weighted by Gasteiger charge is 2.38. The van der Waals surface area contributed by atoms with E-state index in [9.17, 15) is 13.9 Å². The molecule has 31 heavy (non-hydrogen) atoms. The van der Waals surface area contributed by atoms with Crippen LogP contribution in [0.2, 0.25) is 0 Å². The van der Waals surface area contributed by atoms with E-state index in [0.717, 1.165) is 35.2 Å². The number of aliphatic hydroxyl groups is 1. The Morgan fingerprint density at radius 1 is 1.32 bits per heavy atom. The van der Waals surface area contributed by atoms with Gasteiger partial charge in [-0.3, -0.25) is 4.90 Å². The molecule has 1 saturated heterocycles. The van der Waals surface area contributed by atoms with Gasteiger partial charge in [-0.15, -0.1) is 0 Å². The molecule has 0 spiro atoms. The maximum absolute atomic E-state index is 14.2. The van der Waals surface area contributed by atoms with Crippen molar-refractivity contribution in [1.29, 1.82) is 0 Å². The summed E-state index contributed by atoms with van der Waals surface area (Å²) in [6.07, 6.45) is 1.96. The zero-order valence-electron chi connectivity index (χ0n) is 18.3. The summed E-state index contributed by atoms with van der Waals surface area (Å²) in [4.78, 5) is 7.16. The highest BCUT2D eigenvalue weighted by Crippen LogP contribution is 2.37. The van der Waals surface area contributed by atoms with Crippen molar-refractivity contribution in [2.75, 3.05) is 12.9 Å². The van der Waals surface area contributed by atoms with Crippen LogP contribution < -0.4 is 5.73 Å². The summed E-state index contributed by atoms with van der Waals surface area (Å²) in [7, 11) is -0.432. The van der Waals surface area contributed by atoms with Crippen molar-refractivity contribution < 1.29 is 18.6 Å². The Balaban J connectivity index is 1.51. The molecule has 0 amide bonds. The van der Waals surface area contributed by atoms with Crippen LogP contribution in [0.5, 0.6) is 0 Å². The standard InChI is InChI=1S/C22H30F2N4O2S/c1-12(2)28-20-10-27(9-19(20)26-22(28)31(4)13(3)29)15-8-18(25)21(30-11-15)16-7-14(23)5-6-17(16)24/h5-7,12,15,18,21,29H,8-11,25H2,1-4H3/t15-,18+,21-,31?/m1/s1. The number of benzene rings is 1. The van der Waals surface area contributed by atoms with Crippen LogP contribution >= 0.6 is 10.5 Å². The Hall–Kier alpha value is -1.65. The number of aliphatic hydroxyl groups excluding tert-OH is 1. The average molecular weight is 453 g/mol. The van der Waals surface area contributed by atoms with Crippen molar-refractivity contribution in [3.63, 3.8) is 0 Å². The molecule has 3 N–H and O–H groups in total. The topological polar surface area (TPSA) is 76.5 Å². The van der Waals surface area contributed by atoms with Gasteiger partial charge in [0.15, 0.2) is 5.16 Å². The van der Waals surface area contributed by atoms with Crippen molar-refractivity contribution in [2.45, 2.75) is 69.7 Å². The maximum Gasteiger partial charge on any atom is 0.164 e. The van der Waals surface area contributed by atoms with Crippen molar-refractivity contribution in [3.8, 4) is 0 Å². The number of imidazole rings is 1. The number of hydrogen-bond acceptors (Lipinski definition) is 4. The molecule has 2 aliphatic rings. The number of nitrogens with two attached hydrogens (primary N) is 1. The molecule has 0 aliphatic carbocycles. The predicted molar refractivity (Wildman–Crippen MR) is 118 cm³/mol. The van der Waals surface area contributed by atoms with E-state index in [1.165, 1.54) is 6.07 Å². The first-order valence-electron chi connectivity index (χ1n) is 10.5. The minimum atomic E-state index is -0.656. The van der Waals surface area contributed by atoms with Gasteiger partial charge in [0.05, 0.1) is 23.0 Å². The van der Waals surface area contributed by atoms with Crippen molar-refractivity contribution in [1.82, 2.24) is 14.5 Å². The number of fused-ring (bicyclic) bond motifs is 1. The quantitative estimate of drug-likeness (QED) is 0.689. The first-order chi connectivity index (χ1) is 14.7. The fourth-order valence-electron chi connectivity index (χ4n) is 4.51. The lowest BCUT2D eigenvalue weighted by Crippen LogP contribution is -2.48. The van der Waals surface area contributed by atoms with Gasteiger partial charge in [-0.25, -0.2) is 13.8 Å². The third kappa shape index (κ3) is 4.21. The number of rotatable bonds is 4. The summed E-state index contributed by atoms with van der Waals surface area (Å²) in [5, 5.41) is 11.3. The van der Waals surface area contributed by atoms with Crippen molar-refractivity contribution >= 4 is 15.5 Å². The molecule has 1 fully saturated rings. The van der Waals surface area contributed by atoms with Crippen molar-refractivity contribution in [3.05, 3.63) is 46.8 Å².